The van der Waals surface area contributed by atoms with Crippen LogP contribution < -0.4 is 5.73 Å². The lowest BCUT2D eigenvalue weighted by molar-refractivity contribution is 0.514. The van der Waals surface area contributed by atoms with Crippen molar-refractivity contribution in [3.05, 3.63) is 53.3 Å². The molecule has 0 fully saturated rings. The molecule has 0 aliphatic carbocycles. The average Bonchev–Trinajstić information content (AvgIpc) is 2.76. The van der Waals surface area contributed by atoms with Crippen molar-refractivity contribution >= 4 is 5.69 Å². The Morgan fingerprint density at radius 2 is 2.00 bits per heavy atom. The molecule has 3 heteroatoms. The lowest BCUT2D eigenvalue weighted by Gasteiger charge is -2.17. The van der Waals surface area contributed by atoms with E-state index < -0.39 is 0 Å². The van der Waals surface area contributed by atoms with E-state index in [1.54, 1.807) is 6.07 Å². The first-order valence-electron chi connectivity index (χ1n) is 6.61. The van der Waals surface area contributed by atoms with Gasteiger partial charge in [0.05, 0.1) is 5.69 Å². The monoisotopic (exact) mass is 253 g/mol. The number of nitrogens with two attached hydrogens (primary N) is 1. The molecule has 0 amide bonds. The number of aromatic nitrogens is 1. The van der Waals surface area contributed by atoms with Gasteiger partial charge in [-0.3, -0.25) is 0 Å². The van der Waals surface area contributed by atoms with Crippen LogP contribution in [0.3, 0.4) is 0 Å². The number of hydrogen-bond donors (Lipinski definition) is 1. The zero-order valence-electron chi connectivity index (χ0n) is 11.4. The topological polar surface area (TPSA) is 54.7 Å². The molecule has 0 aliphatic rings. The third kappa shape index (κ3) is 2.63. The molecule has 3 nitrogen and oxygen atoms in total. The van der Waals surface area contributed by atoms with E-state index in [-0.39, 0.29) is 6.04 Å². The fourth-order valence-electron chi connectivity index (χ4n) is 2.33. The fourth-order valence-corrected chi connectivity index (χ4v) is 2.33. The van der Waals surface area contributed by atoms with Crippen LogP contribution in [0.5, 0.6) is 0 Å². The molecule has 98 valence electrons. The van der Waals surface area contributed by atoms with E-state index in [1.807, 2.05) is 18.2 Å². The van der Waals surface area contributed by atoms with E-state index in [4.69, 9.17) is 5.73 Å². The molecule has 2 rings (SSSR count). The summed E-state index contributed by atoms with van der Waals surface area (Å²) in [7, 11) is 0. The summed E-state index contributed by atoms with van der Waals surface area (Å²) in [6, 6.07) is 14.5. The van der Waals surface area contributed by atoms with Gasteiger partial charge in [0, 0.05) is 18.2 Å². The molecule has 0 saturated heterocycles. The normalized spacial score (nSPS) is 12.1. The van der Waals surface area contributed by atoms with Crippen LogP contribution in [0.4, 0.5) is 5.69 Å². The summed E-state index contributed by atoms with van der Waals surface area (Å²) in [6.45, 7) is 4.24. The lowest BCUT2D eigenvalue weighted by Crippen LogP contribution is -2.11. The minimum atomic E-state index is 0.283. The van der Waals surface area contributed by atoms with Gasteiger partial charge in [-0.15, -0.1) is 0 Å². The van der Waals surface area contributed by atoms with E-state index in [9.17, 15) is 5.26 Å². The van der Waals surface area contributed by atoms with Gasteiger partial charge in [-0.05, 0) is 25.0 Å². The van der Waals surface area contributed by atoms with E-state index in [1.165, 1.54) is 5.56 Å². The molecule has 1 heterocycles. The molecule has 0 bridgehead atoms. The standard InChI is InChI=1S/C16H19N3/c1-3-12(2)19-14(11-17)10-15(18)16(19)9-13-7-5-4-6-8-13/h4-8,10,12H,3,9,18H2,1-2H3/t12-/m0/s1. The van der Waals surface area contributed by atoms with E-state index in [2.05, 4.69) is 36.6 Å². The Bertz CT molecular complexity index is 590. The Labute approximate surface area is 114 Å². The van der Waals surface area contributed by atoms with Crippen molar-refractivity contribution in [3.63, 3.8) is 0 Å². The highest BCUT2D eigenvalue weighted by molar-refractivity contribution is 5.52. The minimum Gasteiger partial charge on any atom is -0.397 e. The molecular weight excluding hydrogens is 234 g/mol. The Morgan fingerprint density at radius 3 is 2.58 bits per heavy atom. The fraction of sp³-hybridized carbons (Fsp3) is 0.312. The maximum atomic E-state index is 9.24. The maximum Gasteiger partial charge on any atom is 0.122 e. The third-order valence-corrected chi connectivity index (χ3v) is 3.54. The first-order valence-corrected chi connectivity index (χ1v) is 6.61. The summed E-state index contributed by atoms with van der Waals surface area (Å²) >= 11 is 0. The largest absolute Gasteiger partial charge is 0.397 e. The second-order valence-corrected chi connectivity index (χ2v) is 4.83. The first-order chi connectivity index (χ1) is 9.17. The van der Waals surface area contributed by atoms with Crippen LogP contribution in [-0.4, -0.2) is 4.57 Å². The van der Waals surface area contributed by atoms with Crippen molar-refractivity contribution in [1.29, 1.82) is 5.26 Å². The summed E-state index contributed by atoms with van der Waals surface area (Å²) in [5.74, 6) is 0. The Hall–Kier alpha value is -2.21. The molecule has 1 aromatic carbocycles. The Kier molecular flexibility index (Phi) is 3.91. The van der Waals surface area contributed by atoms with Crippen molar-refractivity contribution in [2.45, 2.75) is 32.7 Å². The van der Waals surface area contributed by atoms with E-state index >= 15 is 0 Å². The highest BCUT2D eigenvalue weighted by Crippen LogP contribution is 2.26. The number of benzene rings is 1. The summed E-state index contributed by atoms with van der Waals surface area (Å²) in [5.41, 5.74) is 9.69. The van der Waals surface area contributed by atoms with Gasteiger partial charge in [-0.1, -0.05) is 37.3 Å². The number of anilines is 1. The third-order valence-electron chi connectivity index (χ3n) is 3.54. The molecule has 0 unspecified atom stereocenters. The van der Waals surface area contributed by atoms with Gasteiger partial charge >= 0.3 is 0 Å². The Morgan fingerprint density at radius 1 is 1.32 bits per heavy atom. The number of hydrogen-bond acceptors (Lipinski definition) is 2. The van der Waals surface area contributed by atoms with Crippen LogP contribution in [0.25, 0.3) is 0 Å². The van der Waals surface area contributed by atoms with Crippen molar-refractivity contribution < 1.29 is 0 Å². The molecule has 0 radical (unpaired) electrons. The molecule has 1 atom stereocenters. The first kappa shape index (κ1) is 13.2. The van der Waals surface area contributed by atoms with E-state index in [0.29, 0.717) is 11.4 Å². The van der Waals surface area contributed by atoms with Crippen molar-refractivity contribution in [2.75, 3.05) is 5.73 Å². The van der Waals surface area contributed by atoms with Crippen LogP contribution in [0, 0.1) is 11.3 Å². The highest BCUT2D eigenvalue weighted by atomic mass is 15.0. The molecule has 19 heavy (non-hydrogen) atoms. The van der Waals surface area contributed by atoms with Crippen LogP contribution in [0.2, 0.25) is 0 Å². The van der Waals surface area contributed by atoms with Gasteiger partial charge in [0.2, 0.25) is 0 Å². The molecule has 0 aliphatic heterocycles. The van der Waals surface area contributed by atoms with Crippen LogP contribution >= 0.6 is 0 Å². The Balaban J connectivity index is 2.45. The zero-order chi connectivity index (χ0) is 13.8. The summed E-state index contributed by atoms with van der Waals surface area (Å²) in [6.07, 6.45) is 1.74. The molecule has 0 spiro atoms. The number of nitrogens with zero attached hydrogens (tertiary/aromatic N) is 2. The molecule has 2 N–H and O–H groups in total. The molecule has 2 aromatic rings. The number of rotatable bonds is 4. The van der Waals surface area contributed by atoms with Gasteiger partial charge in [-0.2, -0.15) is 5.26 Å². The predicted molar refractivity (Wildman–Crippen MR) is 77.8 cm³/mol. The van der Waals surface area contributed by atoms with Crippen molar-refractivity contribution in [3.8, 4) is 6.07 Å². The van der Waals surface area contributed by atoms with Gasteiger partial charge in [0.15, 0.2) is 0 Å². The smallest absolute Gasteiger partial charge is 0.122 e. The highest BCUT2D eigenvalue weighted by Gasteiger charge is 2.16. The molecule has 0 saturated carbocycles. The maximum absolute atomic E-state index is 9.24. The summed E-state index contributed by atoms with van der Waals surface area (Å²) < 4.78 is 2.07. The van der Waals surface area contributed by atoms with Crippen molar-refractivity contribution in [1.82, 2.24) is 4.57 Å². The van der Waals surface area contributed by atoms with Crippen LogP contribution in [-0.2, 0) is 6.42 Å². The number of nitriles is 1. The average molecular weight is 253 g/mol. The van der Waals surface area contributed by atoms with Crippen molar-refractivity contribution in [2.24, 2.45) is 0 Å². The summed E-state index contributed by atoms with van der Waals surface area (Å²) in [5, 5.41) is 9.24. The second-order valence-electron chi connectivity index (χ2n) is 4.83. The van der Waals surface area contributed by atoms with Crippen LogP contribution in [0.15, 0.2) is 36.4 Å². The van der Waals surface area contributed by atoms with Gasteiger partial charge in [0.25, 0.3) is 0 Å². The van der Waals surface area contributed by atoms with E-state index in [0.717, 1.165) is 18.5 Å². The molecule has 1 aromatic heterocycles. The predicted octanol–water partition coefficient (Wildman–Crippen LogP) is 3.50. The van der Waals surface area contributed by atoms with Gasteiger partial charge < -0.3 is 10.3 Å². The minimum absolute atomic E-state index is 0.283. The zero-order valence-corrected chi connectivity index (χ0v) is 11.4. The van der Waals surface area contributed by atoms with Gasteiger partial charge in [0.1, 0.15) is 11.8 Å². The van der Waals surface area contributed by atoms with Crippen LogP contribution in [0.1, 0.15) is 43.3 Å². The SMILES string of the molecule is CC[C@H](C)n1c(C#N)cc(N)c1Cc1ccccc1. The quantitative estimate of drug-likeness (QED) is 0.906. The lowest BCUT2D eigenvalue weighted by atomic mass is 10.1. The second kappa shape index (κ2) is 5.62. The summed E-state index contributed by atoms with van der Waals surface area (Å²) in [4.78, 5) is 0. The molecular formula is C16H19N3. The van der Waals surface area contributed by atoms with Gasteiger partial charge in [-0.25, -0.2) is 0 Å². The number of nitrogen functional groups attached to an aromatic ring is 1.